The lowest BCUT2D eigenvalue weighted by Crippen LogP contribution is -2.44. The van der Waals surface area contributed by atoms with Crippen LogP contribution in [-0.4, -0.2) is 28.2 Å². The summed E-state index contributed by atoms with van der Waals surface area (Å²) in [5, 5.41) is 19.8. The van der Waals surface area contributed by atoms with Gasteiger partial charge in [-0.3, -0.25) is 4.79 Å². The lowest BCUT2D eigenvalue weighted by molar-refractivity contribution is 0.0214. The fraction of sp³-hybridized carbons (Fsp3) is 0.133. The van der Waals surface area contributed by atoms with E-state index in [2.05, 4.69) is 6.08 Å². The summed E-state index contributed by atoms with van der Waals surface area (Å²) in [5.41, 5.74) is -1.22. The highest BCUT2D eigenvalue weighted by atomic mass is 16.3. The average molecular weight is 241 g/mol. The van der Waals surface area contributed by atoms with E-state index in [0.717, 1.165) is 0 Å². The summed E-state index contributed by atoms with van der Waals surface area (Å²) in [5.74, 6) is -0.523. The van der Waals surface area contributed by atoms with E-state index >= 15 is 0 Å². The first-order valence-electron chi connectivity index (χ1n) is 5.58. The Balaban J connectivity index is 2.39. The zero-order valence-corrected chi connectivity index (χ0v) is 9.71. The fourth-order valence-electron chi connectivity index (χ4n) is 1.77. The molecule has 90 valence electrons. The van der Waals surface area contributed by atoms with Crippen molar-refractivity contribution < 1.29 is 15.0 Å². The summed E-state index contributed by atoms with van der Waals surface area (Å²) in [4.78, 5) is 12.3. The lowest BCUT2D eigenvalue weighted by atomic mass is 9.85. The first kappa shape index (κ1) is 12.4. The fourth-order valence-corrected chi connectivity index (χ4v) is 1.77. The van der Waals surface area contributed by atoms with Gasteiger partial charge in [0.15, 0.2) is 0 Å². The second-order valence-corrected chi connectivity index (χ2v) is 4.01. The maximum absolute atomic E-state index is 12.3. The largest absolute Gasteiger partial charge is 0.391 e. The number of Topliss-reactive ketones (excluding diaryl/α,β-unsaturated/α-hetero) is 1. The molecule has 2 N–H and O–H groups in total. The molecular weight excluding hydrogens is 228 g/mol. The van der Waals surface area contributed by atoms with Gasteiger partial charge in [0, 0.05) is 17.7 Å². The molecule has 1 aromatic rings. The van der Waals surface area contributed by atoms with Gasteiger partial charge >= 0.3 is 0 Å². The van der Waals surface area contributed by atoms with Crippen LogP contribution in [0.2, 0.25) is 0 Å². The Morgan fingerprint density at radius 2 is 2.00 bits per heavy atom. The second-order valence-electron chi connectivity index (χ2n) is 4.01. The van der Waals surface area contributed by atoms with Crippen LogP contribution < -0.4 is 0 Å². The number of rotatable bonds is 4. The third-order valence-corrected chi connectivity index (χ3v) is 2.83. The topological polar surface area (TPSA) is 57.5 Å². The number of benzene rings is 1. The van der Waals surface area contributed by atoms with Crippen LogP contribution in [0.4, 0.5) is 0 Å². The van der Waals surface area contributed by atoms with E-state index in [4.69, 9.17) is 0 Å². The number of aliphatic hydroxyl groups excluding tert-OH is 1. The van der Waals surface area contributed by atoms with Crippen molar-refractivity contribution in [2.45, 2.75) is 5.60 Å². The predicted molar refractivity (Wildman–Crippen MR) is 67.8 cm³/mol. The molecule has 18 heavy (non-hydrogen) atoms. The van der Waals surface area contributed by atoms with Crippen LogP contribution in [0.3, 0.4) is 0 Å². The zero-order chi connectivity index (χ0) is 13.0. The monoisotopic (exact) mass is 241 g/mol. The number of hydrogen-bond donors (Lipinski definition) is 2. The number of carbonyl (C=O) groups is 1. The van der Waals surface area contributed by atoms with Crippen molar-refractivity contribution in [3.05, 3.63) is 71.8 Å². The van der Waals surface area contributed by atoms with Crippen LogP contribution in [0.1, 0.15) is 10.4 Å². The molecule has 0 spiro atoms. The van der Waals surface area contributed by atoms with Crippen LogP contribution >= 0.6 is 0 Å². The SMILES string of the molecule is O=C(c1ccccc1)C(O)(CO)C1=CC=C[C+]=C1. The highest BCUT2D eigenvalue weighted by molar-refractivity contribution is 6.05. The third kappa shape index (κ3) is 2.15. The van der Waals surface area contributed by atoms with Crippen molar-refractivity contribution in [1.82, 2.24) is 0 Å². The Kier molecular flexibility index (Phi) is 3.49. The molecule has 1 unspecified atom stereocenters. The Hall–Kier alpha value is -2.06. The van der Waals surface area contributed by atoms with Crippen LogP contribution in [0, 0.1) is 6.08 Å². The zero-order valence-electron chi connectivity index (χ0n) is 9.71. The normalized spacial score (nSPS) is 16.7. The van der Waals surface area contributed by atoms with Crippen molar-refractivity contribution in [1.29, 1.82) is 0 Å². The Morgan fingerprint density at radius 3 is 2.56 bits per heavy atom. The molecule has 1 aromatic carbocycles. The summed E-state index contributed by atoms with van der Waals surface area (Å²) in [7, 11) is 0. The quantitative estimate of drug-likeness (QED) is 0.619. The van der Waals surface area contributed by atoms with Gasteiger partial charge in [-0.1, -0.05) is 30.3 Å². The number of allylic oxidation sites excluding steroid dienone is 4. The van der Waals surface area contributed by atoms with Gasteiger partial charge in [0.2, 0.25) is 11.4 Å². The minimum atomic E-state index is -1.92. The van der Waals surface area contributed by atoms with Gasteiger partial charge < -0.3 is 10.2 Å². The van der Waals surface area contributed by atoms with Crippen molar-refractivity contribution >= 4 is 5.78 Å². The first-order valence-corrected chi connectivity index (χ1v) is 5.58. The highest BCUT2D eigenvalue weighted by Gasteiger charge is 2.43. The first-order chi connectivity index (χ1) is 8.68. The van der Waals surface area contributed by atoms with Gasteiger partial charge in [0.25, 0.3) is 0 Å². The smallest absolute Gasteiger partial charge is 0.222 e. The number of hydrogen-bond acceptors (Lipinski definition) is 3. The molecule has 0 radical (unpaired) electrons. The molecule has 0 heterocycles. The maximum atomic E-state index is 12.3. The second kappa shape index (κ2) is 5.07. The molecule has 0 bridgehead atoms. The number of aliphatic hydroxyl groups is 2. The van der Waals surface area contributed by atoms with Crippen LogP contribution in [0.15, 0.2) is 60.2 Å². The maximum Gasteiger partial charge on any atom is 0.222 e. The van der Waals surface area contributed by atoms with E-state index in [-0.39, 0.29) is 0 Å². The van der Waals surface area contributed by atoms with Gasteiger partial charge in [-0.15, -0.1) is 0 Å². The molecule has 1 atom stereocenters. The van der Waals surface area contributed by atoms with Crippen molar-refractivity contribution in [2.75, 3.05) is 6.61 Å². The van der Waals surface area contributed by atoms with Crippen molar-refractivity contribution in [2.24, 2.45) is 0 Å². The van der Waals surface area contributed by atoms with E-state index in [0.29, 0.717) is 11.1 Å². The number of ketones is 1. The number of carbonyl (C=O) groups excluding carboxylic acids is 1. The summed E-state index contributed by atoms with van der Waals surface area (Å²) >= 11 is 0. The summed E-state index contributed by atoms with van der Waals surface area (Å²) in [6, 6.07) is 8.42. The van der Waals surface area contributed by atoms with E-state index in [1.54, 1.807) is 48.6 Å². The third-order valence-electron chi connectivity index (χ3n) is 2.83. The highest BCUT2D eigenvalue weighted by Crippen LogP contribution is 2.24. The summed E-state index contributed by atoms with van der Waals surface area (Å²) in [6.45, 7) is -0.668. The molecule has 0 saturated carbocycles. The lowest BCUT2D eigenvalue weighted by Gasteiger charge is -2.21. The molecule has 0 aliphatic heterocycles. The Labute approximate surface area is 105 Å². The molecule has 0 saturated heterocycles. The molecule has 0 fully saturated rings. The van der Waals surface area contributed by atoms with E-state index in [9.17, 15) is 15.0 Å². The molecule has 0 aromatic heterocycles. The Bertz CT molecular complexity index is 526. The van der Waals surface area contributed by atoms with Crippen LogP contribution in [0.25, 0.3) is 0 Å². The van der Waals surface area contributed by atoms with Crippen molar-refractivity contribution in [3.63, 3.8) is 0 Å². The minimum absolute atomic E-state index is 0.335. The molecular formula is C15H13O3+. The molecule has 2 rings (SSSR count). The molecule has 1 aliphatic carbocycles. The van der Waals surface area contributed by atoms with Gasteiger partial charge in [0.05, 0.1) is 12.7 Å². The predicted octanol–water partition coefficient (Wildman–Crippen LogP) is 1.45. The Morgan fingerprint density at radius 1 is 1.28 bits per heavy atom. The average Bonchev–Trinajstić information content (AvgIpc) is 2.47. The van der Waals surface area contributed by atoms with E-state index in [1.807, 2.05) is 0 Å². The molecule has 1 aliphatic rings. The van der Waals surface area contributed by atoms with Crippen LogP contribution in [0.5, 0.6) is 0 Å². The van der Waals surface area contributed by atoms with Gasteiger partial charge in [0.1, 0.15) is 17.7 Å². The van der Waals surface area contributed by atoms with E-state index in [1.165, 1.54) is 6.08 Å². The van der Waals surface area contributed by atoms with E-state index < -0.39 is 18.0 Å². The van der Waals surface area contributed by atoms with Crippen LogP contribution in [-0.2, 0) is 0 Å². The van der Waals surface area contributed by atoms with Gasteiger partial charge in [-0.25, -0.2) is 0 Å². The van der Waals surface area contributed by atoms with Gasteiger partial charge in [-0.05, 0) is 0 Å². The van der Waals surface area contributed by atoms with Gasteiger partial charge in [-0.2, -0.15) is 0 Å². The standard InChI is InChI=1S/C15H13O3/c16-11-15(18,13-9-5-2-6-10-13)14(17)12-7-3-1-4-8-12/h1-5,7-10,16,18H,11H2/q+1. The van der Waals surface area contributed by atoms with Crippen molar-refractivity contribution in [3.8, 4) is 0 Å². The summed E-state index contributed by atoms with van der Waals surface area (Å²) in [6.07, 6.45) is 9.19. The molecule has 3 heteroatoms. The summed E-state index contributed by atoms with van der Waals surface area (Å²) < 4.78 is 0. The minimum Gasteiger partial charge on any atom is -0.391 e. The molecule has 0 amide bonds. The molecule has 3 nitrogen and oxygen atoms in total.